The number of aryl methyl sites for hydroxylation is 2. The molecule has 0 bridgehead atoms. The third-order valence-electron chi connectivity index (χ3n) is 5.34. The number of methoxy groups -OCH3 is 2. The highest BCUT2D eigenvalue weighted by atomic mass is 16.5. The van der Waals surface area contributed by atoms with E-state index in [1.807, 2.05) is 0 Å². The summed E-state index contributed by atoms with van der Waals surface area (Å²) in [6.45, 7) is 4.57. The minimum atomic E-state index is -0.116. The van der Waals surface area contributed by atoms with Crippen LogP contribution in [0, 0.1) is 13.8 Å². The number of hydrogen-bond acceptors (Lipinski definition) is 5. The average molecular weight is 416 g/mol. The molecule has 0 aliphatic heterocycles. The van der Waals surface area contributed by atoms with Crippen molar-refractivity contribution >= 4 is 11.0 Å². The lowest BCUT2D eigenvalue weighted by Crippen LogP contribution is -2.05. The standard InChI is InChI=1S/C26H24O5/c1-16-5-6-17(2)19(11-16)14-30-20-8-9-21-24(13-20)31-15-22(26(21)27)18-7-10-23(28-3)25(12-18)29-4/h5-13,15H,14H2,1-4H3. The van der Waals surface area contributed by atoms with Crippen molar-refractivity contribution in [2.75, 3.05) is 14.2 Å². The molecule has 0 fully saturated rings. The third kappa shape index (κ3) is 4.12. The van der Waals surface area contributed by atoms with E-state index in [1.165, 1.54) is 17.4 Å². The average Bonchev–Trinajstić information content (AvgIpc) is 2.79. The van der Waals surface area contributed by atoms with E-state index >= 15 is 0 Å². The zero-order chi connectivity index (χ0) is 22.0. The number of hydrogen-bond donors (Lipinski definition) is 0. The van der Waals surface area contributed by atoms with Crippen molar-refractivity contribution in [1.29, 1.82) is 0 Å². The van der Waals surface area contributed by atoms with Gasteiger partial charge in [0.2, 0.25) is 0 Å². The van der Waals surface area contributed by atoms with Crippen LogP contribution in [-0.4, -0.2) is 14.2 Å². The fourth-order valence-electron chi connectivity index (χ4n) is 3.52. The monoisotopic (exact) mass is 416 g/mol. The molecule has 5 nitrogen and oxygen atoms in total. The predicted molar refractivity (Wildman–Crippen MR) is 121 cm³/mol. The SMILES string of the molecule is COc1ccc(-c2coc3cc(OCc4cc(C)ccc4C)ccc3c2=O)cc1OC. The van der Waals surface area contributed by atoms with Crippen molar-refractivity contribution < 1.29 is 18.6 Å². The second-order valence-corrected chi connectivity index (χ2v) is 7.42. The number of benzene rings is 3. The van der Waals surface area contributed by atoms with E-state index in [0.717, 1.165) is 5.56 Å². The van der Waals surface area contributed by atoms with Crippen molar-refractivity contribution in [2.45, 2.75) is 20.5 Å². The molecule has 0 saturated carbocycles. The molecule has 0 N–H and O–H groups in total. The van der Waals surface area contributed by atoms with E-state index in [-0.39, 0.29) is 5.43 Å². The van der Waals surface area contributed by atoms with Gasteiger partial charge < -0.3 is 18.6 Å². The number of fused-ring (bicyclic) bond motifs is 1. The van der Waals surface area contributed by atoms with Gasteiger partial charge in [-0.2, -0.15) is 0 Å². The second-order valence-electron chi connectivity index (χ2n) is 7.42. The molecule has 0 radical (unpaired) electrons. The summed E-state index contributed by atoms with van der Waals surface area (Å²) >= 11 is 0. The molecule has 1 heterocycles. The van der Waals surface area contributed by atoms with Gasteiger partial charge in [-0.3, -0.25) is 4.79 Å². The lowest BCUT2D eigenvalue weighted by Gasteiger charge is -2.11. The smallest absolute Gasteiger partial charge is 0.200 e. The molecule has 0 atom stereocenters. The van der Waals surface area contributed by atoms with Crippen molar-refractivity contribution in [2.24, 2.45) is 0 Å². The summed E-state index contributed by atoms with van der Waals surface area (Å²) in [6.07, 6.45) is 1.47. The highest BCUT2D eigenvalue weighted by Gasteiger charge is 2.13. The molecule has 5 heteroatoms. The highest BCUT2D eigenvalue weighted by molar-refractivity contribution is 5.83. The maximum absolute atomic E-state index is 13.1. The lowest BCUT2D eigenvalue weighted by molar-refractivity contribution is 0.305. The van der Waals surface area contributed by atoms with Gasteiger partial charge in [0.25, 0.3) is 0 Å². The Morgan fingerprint density at radius 2 is 1.68 bits per heavy atom. The number of rotatable bonds is 6. The van der Waals surface area contributed by atoms with Gasteiger partial charge >= 0.3 is 0 Å². The molecule has 4 rings (SSSR count). The van der Waals surface area contributed by atoms with Gasteiger partial charge in [-0.1, -0.05) is 29.8 Å². The Hall–Kier alpha value is -3.73. The molecule has 0 spiro atoms. The maximum atomic E-state index is 13.1. The summed E-state index contributed by atoms with van der Waals surface area (Å²) in [5, 5.41) is 0.492. The molecule has 0 aliphatic rings. The van der Waals surface area contributed by atoms with Crippen molar-refractivity contribution in [3.05, 3.63) is 87.8 Å². The normalized spacial score (nSPS) is 10.8. The predicted octanol–water partition coefficient (Wildman–Crippen LogP) is 5.67. The molecule has 0 aliphatic carbocycles. The first-order chi connectivity index (χ1) is 15.0. The summed E-state index contributed by atoms with van der Waals surface area (Å²) in [4.78, 5) is 13.1. The Kier molecular flexibility index (Phi) is 5.67. The van der Waals surface area contributed by atoms with Gasteiger partial charge in [-0.05, 0) is 54.8 Å². The van der Waals surface area contributed by atoms with Crippen LogP contribution in [0.15, 0.2) is 70.1 Å². The first kappa shape index (κ1) is 20.5. The minimum Gasteiger partial charge on any atom is -0.493 e. The van der Waals surface area contributed by atoms with Crippen LogP contribution < -0.4 is 19.6 Å². The molecule has 158 valence electrons. The van der Waals surface area contributed by atoms with Crippen molar-refractivity contribution in [3.8, 4) is 28.4 Å². The summed E-state index contributed by atoms with van der Waals surface area (Å²) in [5.41, 5.74) is 5.02. The van der Waals surface area contributed by atoms with E-state index in [4.69, 9.17) is 18.6 Å². The molecule has 3 aromatic carbocycles. The summed E-state index contributed by atoms with van der Waals surface area (Å²) in [5.74, 6) is 1.80. The van der Waals surface area contributed by atoms with Gasteiger partial charge in [-0.25, -0.2) is 0 Å². The van der Waals surface area contributed by atoms with Crippen LogP contribution in [0.2, 0.25) is 0 Å². The van der Waals surface area contributed by atoms with Crippen LogP contribution >= 0.6 is 0 Å². The van der Waals surface area contributed by atoms with Crippen LogP contribution in [0.5, 0.6) is 17.2 Å². The van der Waals surface area contributed by atoms with Gasteiger partial charge in [0.1, 0.15) is 24.2 Å². The summed E-state index contributed by atoms with van der Waals surface area (Å²) < 4.78 is 22.4. The van der Waals surface area contributed by atoms with Crippen molar-refractivity contribution in [1.82, 2.24) is 0 Å². The Balaban J connectivity index is 1.64. The zero-order valence-corrected chi connectivity index (χ0v) is 18.0. The fraction of sp³-hybridized carbons (Fsp3) is 0.192. The zero-order valence-electron chi connectivity index (χ0n) is 18.0. The maximum Gasteiger partial charge on any atom is 0.200 e. The Morgan fingerprint density at radius 3 is 2.45 bits per heavy atom. The van der Waals surface area contributed by atoms with Crippen LogP contribution in [-0.2, 0) is 6.61 Å². The van der Waals surface area contributed by atoms with E-state index in [1.54, 1.807) is 50.6 Å². The minimum absolute atomic E-state index is 0.116. The molecular formula is C26H24O5. The van der Waals surface area contributed by atoms with Crippen LogP contribution in [0.4, 0.5) is 0 Å². The van der Waals surface area contributed by atoms with Gasteiger partial charge in [-0.15, -0.1) is 0 Å². The first-order valence-corrected chi connectivity index (χ1v) is 9.97. The molecule has 31 heavy (non-hydrogen) atoms. The lowest BCUT2D eigenvalue weighted by atomic mass is 10.0. The molecule has 4 aromatic rings. The highest BCUT2D eigenvalue weighted by Crippen LogP contribution is 2.32. The van der Waals surface area contributed by atoms with Gasteiger partial charge in [0, 0.05) is 6.07 Å². The fourth-order valence-corrected chi connectivity index (χ4v) is 3.52. The molecule has 0 unspecified atom stereocenters. The largest absolute Gasteiger partial charge is 0.493 e. The molecule has 0 saturated heterocycles. The topological polar surface area (TPSA) is 57.9 Å². The van der Waals surface area contributed by atoms with E-state index in [2.05, 4.69) is 32.0 Å². The Labute approximate surface area is 180 Å². The van der Waals surface area contributed by atoms with Gasteiger partial charge in [0.15, 0.2) is 16.9 Å². The second kappa shape index (κ2) is 8.56. The van der Waals surface area contributed by atoms with Crippen LogP contribution in [0.1, 0.15) is 16.7 Å². The molecule has 1 aromatic heterocycles. The summed E-state index contributed by atoms with van der Waals surface area (Å²) in [7, 11) is 3.13. The quantitative estimate of drug-likeness (QED) is 0.405. The van der Waals surface area contributed by atoms with Gasteiger partial charge in [0.05, 0.1) is 25.2 Å². The van der Waals surface area contributed by atoms with E-state index in [0.29, 0.717) is 46.0 Å². The summed E-state index contributed by atoms with van der Waals surface area (Å²) in [6, 6.07) is 16.9. The first-order valence-electron chi connectivity index (χ1n) is 9.97. The Morgan fingerprint density at radius 1 is 0.871 bits per heavy atom. The van der Waals surface area contributed by atoms with E-state index in [9.17, 15) is 4.79 Å². The van der Waals surface area contributed by atoms with Crippen molar-refractivity contribution in [3.63, 3.8) is 0 Å². The Bertz CT molecular complexity index is 1300. The molecular weight excluding hydrogens is 392 g/mol. The van der Waals surface area contributed by atoms with Crippen LogP contribution in [0.3, 0.4) is 0 Å². The van der Waals surface area contributed by atoms with E-state index < -0.39 is 0 Å². The molecule has 0 amide bonds. The van der Waals surface area contributed by atoms with Crippen LogP contribution in [0.25, 0.3) is 22.1 Å². The number of ether oxygens (including phenoxy) is 3. The third-order valence-corrected chi connectivity index (χ3v) is 5.34.